The van der Waals surface area contributed by atoms with Crippen molar-refractivity contribution in [3.63, 3.8) is 0 Å². The highest BCUT2D eigenvalue weighted by atomic mass is 16.3. The summed E-state index contributed by atoms with van der Waals surface area (Å²) in [6, 6.07) is 72.1. The number of fused-ring (bicyclic) bond motifs is 8. The van der Waals surface area contributed by atoms with Crippen LogP contribution in [0.1, 0.15) is 11.1 Å². The lowest BCUT2D eigenvalue weighted by molar-refractivity contribution is 0.647. The minimum absolute atomic E-state index is 0.176. The fraction of sp³-hybridized carbons (Fsp3) is 0.0189. The Labute approximate surface area is 338 Å². The van der Waals surface area contributed by atoms with Crippen LogP contribution in [0.5, 0.6) is 0 Å². The van der Waals surface area contributed by atoms with Crippen molar-refractivity contribution < 1.29 is 8.83 Å². The molecule has 0 saturated heterocycles. The molecule has 58 heavy (non-hydrogen) atoms. The molecule has 12 rings (SSSR count). The van der Waals surface area contributed by atoms with Gasteiger partial charge in [0.2, 0.25) is 0 Å². The lowest BCUT2D eigenvalue weighted by Crippen LogP contribution is -2.73. The van der Waals surface area contributed by atoms with Gasteiger partial charge in [-0.2, -0.15) is 0 Å². The molecule has 2 aliphatic rings. The molecule has 8 aromatic carbocycles. The highest BCUT2D eigenvalue weighted by Crippen LogP contribution is 2.43. The molecule has 10 aromatic rings. The second-order valence-corrected chi connectivity index (χ2v) is 15.5. The van der Waals surface area contributed by atoms with Gasteiger partial charge in [-0.1, -0.05) is 175 Å². The second-order valence-electron chi connectivity index (χ2n) is 15.5. The van der Waals surface area contributed by atoms with Gasteiger partial charge in [-0.05, 0) is 80.7 Å². The van der Waals surface area contributed by atoms with Gasteiger partial charge in [0.25, 0.3) is 13.4 Å². The van der Waals surface area contributed by atoms with E-state index in [1.807, 2.05) is 0 Å². The zero-order valence-electron chi connectivity index (χ0n) is 31.7. The molecule has 0 saturated carbocycles. The van der Waals surface area contributed by atoms with Gasteiger partial charge in [0, 0.05) is 34.3 Å². The van der Waals surface area contributed by atoms with Crippen molar-refractivity contribution in [1.82, 2.24) is 0 Å². The zero-order chi connectivity index (χ0) is 38.2. The molecule has 270 valence electrons. The van der Waals surface area contributed by atoms with Crippen LogP contribution in [0.2, 0.25) is 0 Å². The minimum atomic E-state index is -0.190. The molecule has 0 spiro atoms. The lowest BCUT2D eigenvalue weighted by Gasteiger charge is -2.33. The largest absolute Gasteiger partial charge is 0.471 e. The molecule has 3 nitrogen and oxygen atoms in total. The summed E-state index contributed by atoms with van der Waals surface area (Å²) in [6.45, 7) is -0.366. The number of furan rings is 2. The summed E-state index contributed by atoms with van der Waals surface area (Å²) in [5.41, 5.74) is 19.4. The standard InChI is InChI=1S/C53H35B2NO2/c1-3-15-35(16-4-1)42-32-29-40(34-45(42)36-17-5-2-6-18-36)55-51-44-22-10-14-26-49(44)57-52(51)54(50-43-21-9-13-25-48(43)58-53(50)55)39-27-30-41(31-28-39)56-46-23-11-7-19-37(46)33-38-20-8-12-24-47(38)56/h1-32,34H,33H2. The van der Waals surface area contributed by atoms with Crippen molar-refractivity contribution in [2.75, 3.05) is 4.90 Å². The van der Waals surface area contributed by atoms with Crippen LogP contribution in [0.4, 0.5) is 17.1 Å². The summed E-state index contributed by atoms with van der Waals surface area (Å²) >= 11 is 0. The van der Waals surface area contributed by atoms with Crippen molar-refractivity contribution in [3.8, 4) is 22.3 Å². The molecule has 0 amide bonds. The number of nitrogens with zero attached hydrogens (tertiary/aromatic N) is 1. The van der Waals surface area contributed by atoms with Gasteiger partial charge in [-0.3, -0.25) is 0 Å². The number of anilines is 3. The monoisotopic (exact) mass is 739 g/mol. The molecule has 0 atom stereocenters. The van der Waals surface area contributed by atoms with Gasteiger partial charge in [0.15, 0.2) is 0 Å². The molecule has 5 heteroatoms. The Kier molecular flexibility index (Phi) is 7.49. The summed E-state index contributed by atoms with van der Waals surface area (Å²) < 4.78 is 14.2. The first-order valence-electron chi connectivity index (χ1n) is 20.1. The predicted molar refractivity (Wildman–Crippen MR) is 243 cm³/mol. The van der Waals surface area contributed by atoms with Crippen LogP contribution in [0.25, 0.3) is 44.2 Å². The Balaban J connectivity index is 1.07. The quantitative estimate of drug-likeness (QED) is 0.165. The maximum absolute atomic E-state index is 7.09. The average Bonchev–Trinajstić information content (AvgIpc) is 3.87. The molecule has 2 aromatic heterocycles. The van der Waals surface area contributed by atoms with Crippen LogP contribution in [-0.2, 0) is 6.42 Å². The maximum Gasteiger partial charge on any atom is 0.290 e. The summed E-state index contributed by atoms with van der Waals surface area (Å²) in [4.78, 5) is 2.41. The first-order chi connectivity index (χ1) is 28.8. The minimum Gasteiger partial charge on any atom is -0.471 e. The molecule has 2 aliphatic heterocycles. The van der Waals surface area contributed by atoms with Crippen molar-refractivity contribution in [1.29, 1.82) is 0 Å². The fourth-order valence-corrected chi connectivity index (χ4v) is 9.74. The van der Waals surface area contributed by atoms with Crippen molar-refractivity contribution in [2.24, 2.45) is 0 Å². The summed E-state index contributed by atoms with van der Waals surface area (Å²) in [5.74, 6) is 0. The third-order valence-electron chi connectivity index (χ3n) is 12.3. The van der Waals surface area contributed by atoms with Gasteiger partial charge >= 0.3 is 0 Å². The smallest absolute Gasteiger partial charge is 0.290 e. The molecule has 0 unspecified atom stereocenters. The van der Waals surface area contributed by atoms with E-state index in [-0.39, 0.29) is 13.4 Å². The number of hydrogen-bond acceptors (Lipinski definition) is 3. The maximum atomic E-state index is 7.09. The zero-order valence-corrected chi connectivity index (χ0v) is 31.7. The Morgan fingerprint density at radius 2 is 0.862 bits per heavy atom. The average molecular weight is 739 g/mol. The van der Waals surface area contributed by atoms with Crippen LogP contribution in [-0.4, -0.2) is 13.4 Å². The summed E-state index contributed by atoms with van der Waals surface area (Å²) in [5, 5.41) is 2.23. The topological polar surface area (TPSA) is 29.5 Å². The van der Waals surface area contributed by atoms with E-state index in [0.29, 0.717) is 0 Å². The van der Waals surface area contributed by atoms with Crippen molar-refractivity contribution in [3.05, 3.63) is 211 Å². The summed E-state index contributed by atoms with van der Waals surface area (Å²) in [7, 11) is 0. The van der Waals surface area contributed by atoms with E-state index < -0.39 is 0 Å². The van der Waals surface area contributed by atoms with E-state index in [1.54, 1.807) is 0 Å². The van der Waals surface area contributed by atoms with Crippen molar-refractivity contribution >= 4 is 85.6 Å². The number of para-hydroxylation sites is 4. The number of benzene rings is 8. The third-order valence-corrected chi connectivity index (χ3v) is 12.3. The SMILES string of the molecule is c1ccc(-c2ccc(B3c4oc5ccccc5c4B(c4ccc(N5c6ccccc6Cc6ccccc65)cc4)c4oc5ccccc5c43)cc2-c2ccccc2)cc1. The number of rotatable bonds is 5. The Hall–Kier alpha value is -7.23. The highest BCUT2D eigenvalue weighted by Gasteiger charge is 2.46. The predicted octanol–water partition coefficient (Wildman–Crippen LogP) is 9.23. The molecule has 0 aliphatic carbocycles. The van der Waals surface area contributed by atoms with Crippen molar-refractivity contribution in [2.45, 2.75) is 6.42 Å². The van der Waals surface area contributed by atoms with Crippen LogP contribution in [0.15, 0.2) is 209 Å². The first kappa shape index (κ1) is 33.0. The van der Waals surface area contributed by atoms with Gasteiger partial charge in [0.05, 0.1) is 11.3 Å². The molecular weight excluding hydrogens is 704 g/mol. The Morgan fingerprint density at radius 3 is 1.45 bits per heavy atom. The van der Waals surface area contributed by atoms with E-state index in [0.717, 1.165) is 45.4 Å². The van der Waals surface area contributed by atoms with E-state index in [2.05, 4.69) is 205 Å². The van der Waals surface area contributed by atoms with Crippen LogP contribution >= 0.6 is 0 Å². The fourth-order valence-electron chi connectivity index (χ4n) is 9.74. The van der Waals surface area contributed by atoms with E-state index in [1.165, 1.54) is 66.6 Å². The lowest BCUT2D eigenvalue weighted by atomic mass is 9.24. The van der Waals surface area contributed by atoms with Crippen LogP contribution in [0, 0.1) is 0 Å². The normalized spacial score (nSPS) is 13.0. The van der Waals surface area contributed by atoms with Gasteiger partial charge in [0.1, 0.15) is 11.2 Å². The molecule has 0 N–H and O–H groups in total. The molecule has 0 bridgehead atoms. The molecule has 4 heterocycles. The third kappa shape index (κ3) is 5.10. The van der Waals surface area contributed by atoms with Gasteiger partial charge in [-0.25, -0.2) is 0 Å². The van der Waals surface area contributed by atoms with Crippen LogP contribution in [0.3, 0.4) is 0 Å². The van der Waals surface area contributed by atoms with E-state index in [9.17, 15) is 0 Å². The second kappa shape index (κ2) is 13.2. The molecule has 0 fully saturated rings. The Bertz CT molecular complexity index is 3120. The summed E-state index contributed by atoms with van der Waals surface area (Å²) in [6.07, 6.45) is 0.928. The van der Waals surface area contributed by atoms with Gasteiger partial charge in [-0.15, -0.1) is 0 Å². The Morgan fingerprint density at radius 1 is 0.397 bits per heavy atom. The number of hydrogen-bond donors (Lipinski definition) is 0. The van der Waals surface area contributed by atoms with Crippen LogP contribution < -0.4 is 38.1 Å². The molecular formula is C53H35B2NO2. The van der Waals surface area contributed by atoms with Gasteiger partial charge < -0.3 is 13.7 Å². The highest BCUT2D eigenvalue weighted by molar-refractivity contribution is 7.12. The first-order valence-corrected chi connectivity index (χ1v) is 20.1. The molecule has 0 radical (unpaired) electrons. The van der Waals surface area contributed by atoms with E-state index >= 15 is 0 Å². The van der Waals surface area contributed by atoms with E-state index in [4.69, 9.17) is 8.83 Å².